The maximum absolute atomic E-state index is 12.3. The first-order valence-corrected chi connectivity index (χ1v) is 7.56. The molecule has 0 N–H and O–H groups in total. The van der Waals surface area contributed by atoms with Gasteiger partial charge in [-0.15, -0.1) is 0 Å². The monoisotopic (exact) mass is 324 g/mol. The molecule has 0 aromatic heterocycles. The van der Waals surface area contributed by atoms with Gasteiger partial charge in [-0.05, 0) is 37.1 Å². The Morgan fingerprint density at radius 3 is 2.22 bits per heavy atom. The van der Waals surface area contributed by atoms with E-state index in [4.69, 9.17) is 18.9 Å². The van der Waals surface area contributed by atoms with Gasteiger partial charge in [0.25, 0.3) is 0 Å². The number of carbonyl (C=O) groups excluding carboxylic acids is 2. The van der Waals surface area contributed by atoms with E-state index in [0.717, 1.165) is 5.56 Å². The highest BCUT2D eigenvalue weighted by atomic mass is 16.6. The van der Waals surface area contributed by atoms with Gasteiger partial charge >= 0.3 is 11.9 Å². The van der Waals surface area contributed by atoms with Gasteiger partial charge in [-0.2, -0.15) is 0 Å². The van der Waals surface area contributed by atoms with Crippen molar-refractivity contribution >= 4 is 11.9 Å². The van der Waals surface area contributed by atoms with Crippen molar-refractivity contribution in [3.05, 3.63) is 34.9 Å². The molecule has 0 fully saturated rings. The Hall–Kier alpha value is -1.92. The Morgan fingerprint density at radius 2 is 1.70 bits per heavy atom. The van der Waals surface area contributed by atoms with Gasteiger partial charge in [0.1, 0.15) is 6.10 Å². The van der Waals surface area contributed by atoms with Crippen molar-refractivity contribution in [2.45, 2.75) is 26.4 Å². The van der Waals surface area contributed by atoms with Crippen LogP contribution in [0, 0.1) is 0 Å². The summed E-state index contributed by atoms with van der Waals surface area (Å²) in [5.41, 5.74) is 1.58. The molecule has 0 aliphatic carbocycles. The van der Waals surface area contributed by atoms with Crippen LogP contribution in [-0.2, 0) is 25.4 Å². The van der Waals surface area contributed by atoms with Crippen LogP contribution in [0.5, 0.6) is 0 Å². The van der Waals surface area contributed by atoms with Crippen molar-refractivity contribution < 1.29 is 28.5 Å². The second-order valence-corrected chi connectivity index (χ2v) is 4.88. The molecule has 0 radical (unpaired) electrons. The van der Waals surface area contributed by atoms with E-state index < -0.39 is 18.0 Å². The predicted octanol–water partition coefficient (Wildman–Crippen LogP) is 2.24. The summed E-state index contributed by atoms with van der Waals surface area (Å²) in [6, 6.07) is 4.82. The van der Waals surface area contributed by atoms with Crippen molar-refractivity contribution in [1.82, 2.24) is 0 Å². The third-order valence-corrected chi connectivity index (χ3v) is 3.20. The van der Waals surface area contributed by atoms with Gasteiger partial charge < -0.3 is 18.9 Å². The molecule has 0 unspecified atom stereocenters. The van der Waals surface area contributed by atoms with E-state index in [1.807, 2.05) is 6.92 Å². The van der Waals surface area contributed by atoms with Crippen LogP contribution in [-0.4, -0.2) is 52.1 Å². The van der Waals surface area contributed by atoms with Crippen LogP contribution in [0.4, 0.5) is 0 Å². The smallest absolute Gasteiger partial charge is 0.338 e. The summed E-state index contributed by atoms with van der Waals surface area (Å²) in [7, 11) is 3.06. The Balaban J connectivity index is 2.93. The highest BCUT2D eigenvalue weighted by Crippen LogP contribution is 2.16. The van der Waals surface area contributed by atoms with Crippen LogP contribution in [0.3, 0.4) is 0 Å². The molecule has 0 aliphatic rings. The van der Waals surface area contributed by atoms with E-state index in [-0.39, 0.29) is 13.2 Å². The largest absolute Gasteiger partial charge is 0.462 e. The quantitative estimate of drug-likeness (QED) is 0.649. The number of methoxy groups -OCH3 is 2. The number of ether oxygens (including phenoxy) is 4. The molecule has 1 rings (SSSR count). The van der Waals surface area contributed by atoms with Crippen molar-refractivity contribution in [1.29, 1.82) is 0 Å². The first-order valence-electron chi connectivity index (χ1n) is 7.56. The van der Waals surface area contributed by atoms with E-state index in [1.165, 1.54) is 14.2 Å². The number of esters is 2. The molecule has 6 nitrogen and oxygen atoms in total. The Kier molecular flexibility index (Phi) is 8.29. The standard InChI is InChI=1S/C17H24O6/c1-5-12-9-13(16(18)22-6-2)7-8-15(12)17(19)23-14(10-20-3)11-21-4/h7-9,14H,5-6,10-11H2,1-4H3. The van der Waals surface area contributed by atoms with Gasteiger partial charge in [0.2, 0.25) is 0 Å². The molecule has 0 saturated heterocycles. The summed E-state index contributed by atoms with van der Waals surface area (Å²) in [5.74, 6) is -0.866. The molecule has 1 aromatic carbocycles. The first kappa shape index (κ1) is 19.1. The van der Waals surface area contributed by atoms with Crippen molar-refractivity contribution in [3.63, 3.8) is 0 Å². The van der Waals surface area contributed by atoms with Gasteiger partial charge in [-0.1, -0.05) is 6.92 Å². The third-order valence-electron chi connectivity index (χ3n) is 3.20. The molecule has 0 aliphatic heterocycles. The lowest BCUT2D eigenvalue weighted by molar-refractivity contribution is -0.0224. The summed E-state index contributed by atoms with van der Waals surface area (Å²) in [4.78, 5) is 24.1. The fraction of sp³-hybridized carbons (Fsp3) is 0.529. The van der Waals surface area contributed by atoms with E-state index in [0.29, 0.717) is 24.2 Å². The van der Waals surface area contributed by atoms with Crippen LogP contribution >= 0.6 is 0 Å². The molecule has 0 bridgehead atoms. The molecular formula is C17H24O6. The molecule has 0 spiro atoms. The normalized spacial score (nSPS) is 10.7. The summed E-state index contributed by atoms with van der Waals surface area (Å²) in [5, 5.41) is 0. The number of aryl methyl sites for hydroxylation is 1. The molecule has 0 heterocycles. The third kappa shape index (κ3) is 5.65. The summed E-state index contributed by atoms with van der Waals surface area (Å²) in [6.45, 7) is 4.46. The number of benzene rings is 1. The highest BCUT2D eigenvalue weighted by molar-refractivity contribution is 5.95. The minimum absolute atomic E-state index is 0.252. The van der Waals surface area contributed by atoms with Gasteiger partial charge in [0, 0.05) is 14.2 Å². The van der Waals surface area contributed by atoms with Gasteiger partial charge in [-0.3, -0.25) is 0 Å². The highest BCUT2D eigenvalue weighted by Gasteiger charge is 2.19. The Bertz CT molecular complexity index is 520. The molecule has 0 atom stereocenters. The summed E-state index contributed by atoms with van der Waals surface area (Å²) in [6.07, 6.45) is 0.114. The fourth-order valence-electron chi connectivity index (χ4n) is 2.13. The molecule has 6 heteroatoms. The minimum Gasteiger partial charge on any atom is -0.462 e. The van der Waals surface area contributed by atoms with E-state index in [2.05, 4.69) is 0 Å². The second kappa shape index (κ2) is 9.97. The zero-order valence-electron chi connectivity index (χ0n) is 14.1. The van der Waals surface area contributed by atoms with Crippen LogP contribution in [0.1, 0.15) is 40.1 Å². The SMILES string of the molecule is CCOC(=O)c1ccc(C(=O)OC(COC)COC)c(CC)c1. The van der Waals surface area contributed by atoms with Gasteiger partial charge in [-0.25, -0.2) is 9.59 Å². The molecule has 0 saturated carbocycles. The molecule has 0 amide bonds. The lowest BCUT2D eigenvalue weighted by atomic mass is 10.0. The average Bonchev–Trinajstić information content (AvgIpc) is 2.54. The Labute approximate surface area is 136 Å². The molecular weight excluding hydrogens is 300 g/mol. The number of carbonyl (C=O) groups is 2. The Morgan fingerprint density at radius 1 is 1.04 bits per heavy atom. The molecule has 128 valence electrons. The van der Waals surface area contributed by atoms with E-state index >= 15 is 0 Å². The van der Waals surface area contributed by atoms with Crippen LogP contribution in [0.25, 0.3) is 0 Å². The van der Waals surface area contributed by atoms with Gasteiger partial charge in [0.05, 0.1) is 30.9 Å². The lowest BCUT2D eigenvalue weighted by Gasteiger charge is -2.17. The molecule has 1 aromatic rings. The minimum atomic E-state index is -0.480. The van der Waals surface area contributed by atoms with Crippen LogP contribution in [0.15, 0.2) is 18.2 Å². The van der Waals surface area contributed by atoms with E-state index in [9.17, 15) is 9.59 Å². The fourth-order valence-corrected chi connectivity index (χ4v) is 2.13. The van der Waals surface area contributed by atoms with E-state index in [1.54, 1.807) is 25.1 Å². The summed E-state index contributed by atoms with van der Waals surface area (Å²) < 4.78 is 20.4. The van der Waals surface area contributed by atoms with Crippen molar-refractivity contribution in [2.24, 2.45) is 0 Å². The predicted molar refractivity (Wildman–Crippen MR) is 84.7 cm³/mol. The van der Waals surface area contributed by atoms with Crippen LogP contribution < -0.4 is 0 Å². The number of hydrogen-bond acceptors (Lipinski definition) is 6. The zero-order valence-corrected chi connectivity index (χ0v) is 14.1. The van der Waals surface area contributed by atoms with Crippen molar-refractivity contribution in [3.8, 4) is 0 Å². The van der Waals surface area contributed by atoms with Crippen LogP contribution in [0.2, 0.25) is 0 Å². The zero-order chi connectivity index (χ0) is 17.2. The van der Waals surface area contributed by atoms with Crippen molar-refractivity contribution in [2.75, 3.05) is 34.0 Å². The second-order valence-electron chi connectivity index (χ2n) is 4.88. The summed E-state index contributed by atoms with van der Waals surface area (Å²) >= 11 is 0. The topological polar surface area (TPSA) is 71.1 Å². The maximum atomic E-state index is 12.3. The first-order chi connectivity index (χ1) is 11.1. The van der Waals surface area contributed by atoms with Gasteiger partial charge in [0.15, 0.2) is 0 Å². The average molecular weight is 324 g/mol. The molecule has 23 heavy (non-hydrogen) atoms. The number of hydrogen-bond donors (Lipinski definition) is 0. The lowest BCUT2D eigenvalue weighted by Crippen LogP contribution is -2.28. The number of rotatable bonds is 9. The maximum Gasteiger partial charge on any atom is 0.338 e.